The molecule has 0 radical (unpaired) electrons. The number of aromatic nitrogens is 1. The van der Waals surface area contributed by atoms with Gasteiger partial charge in [-0.05, 0) is 56.3 Å². The number of carbonyl (C=O) groups is 1. The van der Waals surface area contributed by atoms with Crippen LogP contribution in [0.25, 0.3) is 11.6 Å². The maximum atomic E-state index is 12.7. The highest BCUT2D eigenvalue weighted by atomic mass is 79.9. The van der Waals surface area contributed by atoms with Crippen LogP contribution in [0.2, 0.25) is 0 Å². The Balaban J connectivity index is 2.23. The molecular formula is C22H27BrN4O. The van der Waals surface area contributed by atoms with Crippen molar-refractivity contribution in [2.75, 3.05) is 26.2 Å². The molecule has 148 valence electrons. The van der Waals surface area contributed by atoms with Crippen LogP contribution in [0.15, 0.2) is 28.7 Å². The minimum absolute atomic E-state index is 0.0842. The van der Waals surface area contributed by atoms with Gasteiger partial charge >= 0.3 is 0 Å². The van der Waals surface area contributed by atoms with Crippen LogP contribution in [0, 0.1) is 25.2 Å². The van der Waals surface area contributed by atoms with Crippen molar-refractivity contribution < 1.29 is 4.79 Å². The third-order valence-corrected chi connectivity index (χ3v) is 5.35. The van der Waals surface area contributed by atoms with Crippen molar-refractivity contribution >= 4 is 33.5 Å². The highest BCUT2D eigenvalue weighted by Gasteiger charge is 2.18. The normalized spacial score (nSPS) is 11.5. The number of carbonyl (C=O) groups excluding carboxylic acids is 1. The number of nitrogens with zero attached hydrogens (tertiary/aromatic N) is 2. The molecule has 2 N–H and O–H groups in total. The fourth-order valence-electron chi connectivity index (χ4n) is 3.20. The average Bonchev–Trinajstić information content (AvgIpc) is 2.96. The van der Waals surface area contributed by atoms with E-state index in [4.69, 9.17) is 0 Å². The van der Waals surface area contributed by atoms with Gasteiger partial charge in [-0.3, -0.25) is 4.79 Å². The average molecular weight is 443 g/mol. The van der Waals surface area contributed by atoms with Crippen LogP contribution in [0.5, 0.6) is 0 Å². The first-order chi connectivity index (χ1) is 13.4. The smallest absolute Gasteiger partial charge is 0.253 e. The first-order valence-electron chi connectivity index (χ1n) is 9.48. The van der Waals surface area contributed by atoms with Gasteiger partial charge in [0.25, 0.3) is 5.91 Å². The number of nitriles is 1. The van der Waals surface area contributed by atoms with E-state index >= 15 is 0 Å². The molecule has 1 amide bonds. The molecule has 0 fully saturated rings. The number of hydrogen-bond acceptors (Lipinski definition) is 3. The van der Waals surface area contributed by atoms with E-state index in [0.717, 1.165) is 46.6 Å². The van der Waals surface area contributed by atoms with Gasteiger partial charge in [0, 0.05) is 29.0 Å². The molecule has 1 aromatic carbocycles. The maximum Gasteiger partial charge on any atom is 0.253 e. The summed E-state index contributed by atoms with van der Waals surface area (Å²) in [7, 11) is 0. The molecule has 28 heavy (non-hydrogen) atoms. The van der Waals surface area contributed by atoms with Crippen molar-refractivity contribution in [1.82, 2.24) is 15.2 Å². The van der Waals surface area contributed by atoms with E-state index < -0.39 is 0 Å². The highest BCUT2D eigenvalue weighted by molar-refractivity contribution is 9.10. The van der Waals surface area contributed by atoms with Crippen LogP contribution in [-0.2, 0) is 0 Å². The van der Waals surface area contributed by atoms with Gasteiger partial charge in [-0.1, -0.05) is 41.9 Å². The molecule has 1 heterocycles. The number of amides is 1. The SMILES string of the molecule is CCN(CC)CCNC(=O)c1c(C)[nH]c(/C=C(\C#N)c2cccc(Br)c2)c1C. The van der Waals surface area contributed by atoms with Crippen LogP contribution < -0.4 is 5.32 Å². The fourth-order valence-corrected chi connectivity index (χ4v) is 3.59. The number of hydrogen-bond donors (Lipinski definition) is 2. The summed E-state index contributed by atoms with van der Waals surface area (Å²) in [5, 5.41) is 12.6. The van der Waals surface area contributed by atoms with Crippen molar-refractivity contribution in [3.05, 3.63) is 56.8 Å². The summed E-state index contributed by atoms with van der Waals surface area (Å²) in [6.45, 7) is 11.4. The Hall–Kier alpha value is -2.36. The van der Waals surface area contributed by atoms with E-state index in [2.05, 4.69) is 51.0 Å². The summed E-state index contributed by atoms with van der Waals surface area (Å²) in [5.74, 6) is -0.0842. The van der Waals surface area contributed by atoms with Gasteiger partial charge < -0.3 is 15.2 Å². The van der Waals surface area contributed by atoms with E-state index in [0.29, 0.717) is 17.7 Å². The molecule has 0 aliphatic heterocycles. The standard InChI is InChI=1S/C22H27BrN4O/c1-5-27(6-2)11-10-25-22(28)21-15(3)20(26-16(21)4)13-18(14-24)17-8-7-9-19(23)12-17/h7-9,12-13,26H,5-6,10-11H2,1-4H3,(H,25,28)/b18-13+. The third kappa shape index (κ3) is 5.34. The summed E-state index contributed by atoms with van der Waals surface area (Å²) in [6.07, 6.45) is 1.80. The molecule has 0 saturated carbocycles. The summed E-state index contributed by atoms with van der Waals surface area (Å²) in [6, 6.07) is 9.87. The quantitative estimate of drug-likeness (QED) is 0.589. The minimum Gasteiger partial charge on any atom is -0.358 e. The molecule has 1 aromatic heterocycles. The number of nitrogens with one attached hydrogen (secondary N) is 2. The fraction of sp³-hybridized carbons (Fsp3) is 0.364. The Bertz CT molecular complexity index is 904. The number of halogens is 1. The predicted octanol–water partition coefficient (Wildman–Crippen LogP) is 4.53. The lowest BCUT2D eigenvalue weighted by Gasteiger charge is -2.18. The van der Waals surface area contributed by atoms with E-state index in [1.54, 1.807) is 6.08 Å². The van der Waals surface area contributed by atoms with Crippen molar-refractivity contribution in [3.8, 4) is 6.07 Å². The Kier molecular flexibility index (Phi) is 8.04. The van der Waals surface area contributed by atoms with Crippen LogP contribution in [-0.4, -0.2) is 42.0 Å². The molecule has 0 atom stereocenters. The second kappa shape index (κ2) is 10.3. The Morgan fingerprint density at radius 3 is 2.64 bits per heavy atom. The summed E-state index contributed by atoms with van der Waals surface area (Å²) >= 11 is 3.44. The zero-order valence-corrected chi connectivity index (χ0v) is 18.5. The molecule has 0 saturated heterocycles. The van der Waals surface area contributed by atoms with Crippen LogP contribution >= 0.6 is 15.9 Å². The minimum atomic E-state index is -0.0842. The molecule has 5 nitrogen and oxygen atoms in total. The lowest BCUT2D eigenvalue weighted by Crippen LogP contribution is -2.35. The topological polar surface area (TPSA) is 71.9 Å². The van der Waals surface area contributed by atoms with E-state index in [9.17, 15) is 10.1 Å². The number of H-pyrrole nitrogens is 1. The molecule has 0 aliphatic carbocycles. The van der Waals surface area contributed by atoms with Crippen molar-refractivity contribution in [3.63, 3.8) is 0 Å². The lowest BCUT2D eigenvalue weighted by molar-refractivity contribution is 0.0948. The lowest BCUT2D eigenvalue weighted by atomic mass is 10.0. The molecule has 0 aliphatic rings. The van der Waals surface area contributed by atoms with E-state index in [1.165, 1.54) is 0 Å². The van der Waals surface area contributed by atoms with Crippen LogP contribution in [0.1, 0.15) is 46.7 Å². The Labute approximate surface area is 175 Å². The first kappa shape index (κ1) is 21.9. The van der Waals surface area contributed by atoms with Gasteiger partial charge in [-0.2, -0.15) is 5.26 Å². The molecule has 0 unspecified atom stereocenters. The van der Waals surface area contributed by atoms with E-state index in [1.807, 2.05) is 38.1 Å². The number of benzene rings is 1. The third-order valence-electron chi connectivity index (χ3n) is 4.86. The van der Waals surface area contributed by atoms with Crippen LogP contribution in [0.4, 0.5) is 0 Å². The number of likely N-dealkylation sites (N-methyl/N-ethyl adjacent to an activating group) is 1. The number of rotatable bonds is 8. The molecule has 0 bridgehead atoms. The van der Waals surface area contributed by atoms with Gasteiger partial charge in [0.05, 0.1) is 17.2 Å². The van der Waals surface area contributed by atoms with Gasteiger partial charge in [0.15, 0.2) is 0 Å². The monoisotopic (exact) mass is 442 g/mol. The van der Waals surface area contributed by atoms with Gasteiger partial charge in [0.2, 0.25) is 0 Å². The molecule has 0 spiro atoms. The molecule has 2 rings (SSSR count). The largest absolute Gasteiger partial charge is 0.358 e. The Morgan fingerprint density at radius 2 is 2.04 bits per heavy atom. The molecular weight excluding hydrogens is 416 g/mol. The predicted molar refractivity (Wildman–Crippen MR) is 118 cm³/mol. The summed E-state index contributed by atoms with van der Waals surface area (Å²) < 4.78 is 0.916. The van der Waals surface area contributed by atoms with Crippen molar-refractivity contribution in [2.24, 2.45) is 0 Å². The Morgan fingerprint density at radius 1 is 1.32 bits per heavy atom. The summed E-state index contributed by atoms with van der Waals surface area (Å²) in [5.41, 5.74) is 4.45. The second-order valence-electron chi connectivity index (χ2n) is 6.63. The zero-order valence-electron chi connectivity index (χ0n) is 16.9. The second-order valence-corrected chi connectivity index (χ2v) is 7.54. The van der Waals surface area contributed by atoms with Gasteiger partial charge in [-0.25, -0.2) is 0 Å². The van der Waals surface area contributed by atoms with Crippen LogP contribution in [0.3, 0.4) is 0 Å². The van der Waals surface area contributed by atoms with E-state index in [-0.39, 0.29) is 5.91 Å². The molecule has 2 aromatic rings. The molecule has 6 heteroatoms. The van der Waals surface area contributed by atoms with Crippen molar-refractivity contribution in [2.45, 2.75) is 27.7 Å². The van der Waals surface area contributed by atoms with Gasteiger partial charge in [-0.15, -0.1) is 0 Å². The summed E-state index contributed by atoms with van der Waals surface area (Å²) in [4.78, 5) is 18.2. The van der Waals surface area contributed by atoms with Gasteiger partial charge in [0.1, 0.15) is 0 Å². The number of aromatic amines is 1. The zero-order chi connectivity index (χ0) is 20.7. The maximum absolute atomic E-state index is 12.7. The number of aryl methyl sites for hydroxylation is 1. The highest BCUT2D eigenvalue weighted by Crippen LogP contribution is 2.25. The van der Waals surface area contributed by atoms with Crippen molar-refractivity contribution in [1.29, 1.82) is 5.26 Å². The number of allylic oxidation sites excluding steroid dienone is 1. The first-order valence-corrected chi connectivity index (χ1v) is 10.3.